The number of fused-ring (bicyclic) bond motifs is 1. The number of nitrogens with zero attached hydrogens (tertiary/aromatic N) is 5. The second-order valence-electron chi connectivity index (χ2n) is 8.08. The number of benzene rings is 1. The van der Waals surface area contributed by atoms with Crippen LogP contribution in [0.5, 0.6) is 0 Å². The van der Waals surface area contributed by atoms with Gasteiger partial charge in [-0.05, 0) is 37.5 Å². The zero-order valence-corrected chi connectivity index (χ0v) is 18.1. The Morgan fingerprint density at radius 2 is 1.94 bits per heavy atom. The molecule has 168 valence electrons. The number of aromatic nitrogens is 4. The number of hydrogen-bond acceptors (Lipinski definition) is 6. The third-order valence-electron chi connectivity index (χ3n) is 5.57. The van der Waals surface area contributed by atoms with Crippen LogP contribution in [0.1, 0.15) is 31.0 Å². The van der Waals surface area contributed by atoms with Gasteiger partial charge in [-0.2, -0.15) is 14.6 Å². The van der Waals surface area contributed by atoms with E-state index in [1.165, 1.54) is 25.4 Å². The van der Waals surface area contributed by atoms with Gasteiger partial charge in [-0.25, -0.2) is 9.37 Å². The average Bonchev–Trinajstić information content (AvgIpc) is 3.23. The molecule has 0 radical (unpaired) electrons. The van der Waals surface area contributed by atoms with E-state index < -0.39 is 6.04 Å². The molecule has 2 amide bonds. The molecule has 1 aromatic carbocycles. The Hall–Kier alpha value is -3.56. The average molecular weight is 439 g/mol. The summed E-state index contributed by atoms with van der Waals surface area (Å²) < 4.78 is 14.9. The number of amides is 2. The van der Waals surface area contributed by atoms with E-state index in [1.54, 1.807) is 16.6 Å². The molecule has 0 spiro atoms. The summed E-state index contributed by atoms with van der Waals surface area (Å²) in [6.45, 7) is 4.79. The van der Waals surface area contributed by atoms with E-state index in [9.17, 15) is 14.0 Å². The van der Waals surface area contributed by atoms with Gasteiger partial charge in [-0.15, -0.1) is 0 Å². The summed E-state index contributed by atoms with van der Waals surface area (Å²) in [5.74, 6) is 0.638. The van der Waals surface area contributed by atoms with Crippen molar-refractivity contribution in [1.82, 2.24) is 30.2 Å². The monoisotopic (exact) mass is 439 g/mol. The van der Waals surface area contributed by atoms with Crippen molar-refractivity contribution >= 4 is 23.4 Å². The second-order valence-corrected chi connectivity index (χ2v) is 8.08. The summed E-state index contributed by atoms with van der Waals surface area (Å²) in [6.07, 6.45) is 3.30. The van der Waals surface area contributed by atoms with E-state index in [1.807, 2.05) is 13.0 Å². The summed E-state index contributed by atoms with van der Waals surface area (Å²) in [5, 5.41) is 10.0. The van der Waals surface area contributed by atoms with Crippen LogP contribution >= 0.6 is 0 Å². The van der Waals surface area contributed by atoms with Gasteiger partial charge >= 0.3 is 0 Å². The van der Waals surface area contributed by atoms with Crippen molar-refractivity contribution in [2.24, 2.45) is 0 Å². The highest BCUT2D eigenvalue weighted by Gasteiger charge is 2.26. The molecule has 4 rings (SSSR count). The number of carbonyl (C=O) groups is 2. The van der Waals surface area contributed by atoms with Gasteiger partial charge in [0.2, 0.25) is 11.8 Å². The Labute approximate surface area is 185 Å². The molecular weight excluding hydrogens is 413 g/mol. The van der Waals surface area contributed by atoms with Gasteiger partial charge < -0.3 is 15.5 Å². The standard InChI is InChI=1S/C22H26FN7O2/c1-14-11-20(30-22(26-14)24-13-25-30)29-9-7-18(8-10-29)28-21(32)19(27-15(2)31)12-16-3-5-17(23)6-4-16/h3-6,11,13,18-19H,7-10,12H2,1-2H3,(H,27,31)(H,28,32). The molecular formula is C22H26FN7O2. The van der Waals surface area contributed by atoms with Crippen LogP contribution in [0.15, 0.2) is 36.7 Å². The van der Waals surface area contributed by atoms with Crippen LogP contribution < -0.4 is 15.5 Å². The lowest BCUT2D eigenvalue weighted by Gasteiger charge is -2.34. The topological polar surface area (TPSA) is 105 Å². The minimum absolute atomic E-state index is 0.00241. The first kappa shape index (κ1) is 21.7. The van der Waals surface area contributed by atoms with Crippen molar-refractivity contribution in [3.05, 3.63) is 53.7 Å². The summed E-state index contributed by atoms with van der Waals surface area (Å²) in [5.41, 5.74) is 1.65. The first-order chi connectivity index (χ1) is 15.4. The molecule has 9 nitrogen and oxygen atoms in total. The SMILES string of the molecule is CC(=O)NC(Cc1ccc(F)cc1)C(=O)NC1CCN(c2cc(C)nc3ncnn23)CC1. The number of rotatable bonds is 6. The molecule has 0 saturated carbocycles. The molecule has 1 atom stereocenters. The predicted octanol–water partition coefficient (Wildman–Crippen LogP) is 1.40. The van der Waals surface area contributed by atoms with Gasteiger partial charge in [-0.1, -0.05) is 12.1 Å². The maximum atomic E-state index is 13.2. The van der Waals surface area contributed by atoms with Crippen molar-refractivity contribution in [3.63, 3.8) is 0 Å². The molecule has 3 heterocycles. The van der Waals surface area contributed by atoms with E-state index in [0.717, 1.165) is 43.0 Å². The van der Waals surface area contributed by atoms with Crippen LogP contribution in [0, 0.1) is 12.7 Å². The highest BCUT2D eigenvalue weighted by molar-refractivity contribution is 5.87. The lowest BCUT2D eigenvalue weighted by Crippen LogP contribution is -2.52. The van der Waals surface area contributed by atoms with E-state index in [0.29, 0.717) is 12.2 Å². The maximum absolute atomic E-state index is 13.2. The Balaban J connectivity index is 1.38. The lowest BCUT2D eigenvalue weighted by molar-refractivity contribution is -0.128. The lowest BCUT2D eigenvalue weighted by atomic mass is 10.0. The summed E-state index contributed by atoms with van der Waals surface area (Å²) >= 11 is 0. The van der Waals surface area contributed by atoms with Crippen LogP contribution in [0.3, 0.4) is 0 Å². The van der Waals surface area contributed by atoms with E-state index in [-0.39, 0.29) is 23.7 Å². The van der Waals surface area contributed by atoms with Crippen molar-refractivity contribution in [2.75, 3.05) is 18.0 Å². The van der Waals surface area contributed by atoms with Crippen molar-refractivity contribution in [2.45, 2.75) is 45.2 Å². The molecule has 32 heavy (non-hydrogen) atoms. The van der Waals surface area contributed by atoms with Gasteiger partial charge in [0.25, 0.3) is 5.78 Å². The van der Waals surface area contributed by atoms with Crippen molar-refractivity contribution in [1.29, 1.82) is 0 Å². The molecule has 0 bridgehead atoms. The largest absolute Gasteiger partial charge is 0.356 e. The number of carbonyl (C=O) groups excluding carboxylic acids is 2. The van der Waals surface area contributed by atoms with Crippen LogP contribution in [-0.4, -0.2) is 56.6 Å². The smallest absolute Gasteiger partial charge is 0.254 e. The van der Waals surface area contributed by atoms with Crippen LogP contribution in [0.2, 0.25) is 0 Å². The maximum Gasteiger partial charge on any atom is 0.254 e. The minimum Gasteiger partial charge on any atom is -0.356 e. The fourth-order valence-corrected chi connectivity index (χ4v) is 4.00. The van der Waals surface area contributed by atoms with E-state index in [4.69, 9.17) is 0 Å². The number of piperidine rings is 1. The van der Waals surface area contributed by atoms with Crippen molar-refractivity contribution in [3.8, 4) is 0 Å². The Bertz CT molecular complexity index is 1110. The Morgan fingerprint density at radius 1 is 1.22 bits per heavy atom. The summed E-state index contributed by atoms with van der Waals surface area (Å²) in [4.78, 5) is 35.3. The molecule has 1 saturated heterocycles. The van der Waals surface area contributed by atoms with Gasteiger partial charge in [0, 0.05) is 44.2 Å². The number of nitrogens with one attached hydrogen (secondary N) is 2. The first-order valence-electron chi connectivity index (χ1n) is 10.6. The highest BCUT2D eigenvalue weighted by atomic mass is 19.1. The summed E-state index contributed by atoms with van der Waals surface area (Å²) in [6, 6.07) is 7.21. The minimum atomic E-state index is -0.714. The molecule has 2 N–H and O–H groups in total. The Kier molecular flexibility index (Phi) is 6.29. The molecule has 1 unspecified atom stereocenters. The third kappa shape index (κ3) is 5.01. The number of anilines is 1. The number of aryl methyl sites for hydroxylation is 1. The molecule has 10 heteroatoms. The second kappa shape index (κ2) is 9.29. The van der Waals surface area contributed by atoms with Gasteiger partial charge in [-0.3, -0.25) is 9.59 Å². The fourth-order valence-electron chi connectivity index (χ4n) is 4.00. The summed E-state index contributed by atoms with van der Waals surface area (Å²) in [7, 11) is 0. The molecule has 1 aliphatic heterocycles. The van der Waals surface area contributed by atoms with Gasteiger partial charge in [0.05, 0.1) is 0 Å². The normalized spacial score (nSPS) is 15.5. The third-order valence-corrected chi connectivity index (χ3v) is 5.57. The quantitative estimate of drug-likeness (QED) is 0.602. The molecule has 2 aromatic heterocycles. The Morgan fingerprint density at radius 3 is 2.62 bits per heavy atom. The van der Waals surface area contributed by atoms with Gasteiger partial charge in [0.1, 0.15) is 24.0 Å². The molecule has 0 aliphatic carbocycles. The van der Waals surface area contributed by atoms with Crippen LogP contribution in [0.25, 0.3) is 5.78 Å². The molecule has 1 fully saturated rings. The number of hydrogen-bond donors (Lipinski definition) is 2. The fraction of sp³-hybridized carbons (Fsp3) is 0.409. The van der Waals surface area contributed by atoms with Crippen LogP contribution in [0.4, 0.5) is 10.2 Å². The predicted molar refractivity (Wildman–Crippen MR) is 117 cm³/mol. The van der Waals surface area contributed by atoms with E-state index >= 15 is 0 Å². The van der Waals surface area contributed by atoms with E-state index in [2.05, 4.69) is 30.6 Å². The van der Waals surface area contributed by atoms with Gasteiger partial charge in [0.15, 0.2) is 0 Å². The zero-order chi connectivity index (χ0) is 22.7. The van der Waals surface area contributed by atoms with Crippen molar-refractivity contribution < 1.29 is 14.0 Å². The zero-order valence-electron chi connectivity index (χ0n) is 18.1. The molecule has 1 aliphatic rings. The van der Waals surface area contributed by atoms with Crippen LogP contribution in [-0.2, 0) is 16.0 Å². The first-order valence-corrected chi connectivity index (χ1v) is 10.6. The highest BCUT2D eigenvalue weighted by Crippen LogP contribution is 2.21. The number of halogens is 1. The molecule has 3 aromatic rings.